The Morgan fingerprint density at radius 1 is 1.53 bits per heavy atom. The van der Waals surface area contributed by atoms with E-state index in [-0.39, 0.29) is 29.2 Å². The van der Waals surface area contributed by atoms with Crippen LogP contribution in [-0.2, 0) is 0 Å². The maximum atomic E-state index is 12.9. The minimum absolute atomic E-state index is 0. The number of aromatic hydroxyl groups is 1. The topological polar surface area (TPSA) is 46.2 Å². The number of rotatable bonds is 3. The molecule has 5 heteroatoms. The second-order valence-electron chi connectivity index (χ2n) is 3.19. The Balaban J connectivity index is 0.00000196. The number of hydrogen-bond acceptors (Lipinski definition) is 2. The van der Waals surface area contributed by atoms with Crippen molar-refractivity contribution in [1.29, 1.82) is 0 Å². The van der Waals surface area contributed by atoms with E-state index in [2.05, 4.69) is 0 Å². The molecule has 0 fully saturated rings. The molecule has 0 radical (unpaired) electrons. The normalized spacial score (nSPS) is 12.0. The number of hydrogen-bond donors (Lipinski definition) is 2. The minimum atomic E-state index is -0.628. The summed E-state index contributed by atoms with van der Waals surface area (Å²) < 4.78 is 12.9. The minimum Gasteiger partial charge on any atom is -0.506 e. The van der Waals surface area contributed by atoms with E-state index in [4.69, 9.17) is 17.3 Å². The van der Waals surface area contributed by atoms with Gasteiger partial charge in [0.25, 0.3) is 0 Å². The molecule has 86 valence electrons. The molecule has 0 saturated heterocycles. The molecule has 1 aromatic carbocycles. The highest BCUT2D eigenvalue weighted by Crippen LogP contribution is 2.34. The molecule has 1 atom stereocenters. The van der Waals surface area contributed by atoms with Crippen LogP contribution in [0.2, 0.25) is 5.02 Å². The van der Waals surface area contributed by atoms with Crippen molar-refractivity contribution in [1.82, 2.24) is 0 Å². The smallest absolute Gasteiger partial charge is 0.145 e. The van der Waals surface area contributed by atoms with Crippen LogP contribution in [0.5, 0.6) is 5.75 Å². The van der Waals surface area contributed by atoms with Gasteiger partial charge in [-0.25, -0.2) is 4.39 Å². The Morgan fingerprint density at radius 2 is 2.13 bits per heavy atom. The summed E-state index contributed by atoms with van der Waals surface area (Å²) in [6.45, 7) is 1.99. The van der Waals surface area contributed by atoms with E-state index in [0.717, 1.165) is 12.8 Å². The monoisotopic (exact) mass is 253 g/mol. The van der Waals surface area contributed by atoms with Crippen molar-refractivity contribution < 1.29 is 9.50 Å². The zero-order valence-electron chi connectivity index (χ0n) is 8.34. The Labute approximate surface area is 99.6 Å². The van der Waals surface area contributed by atoms with Gasteiger partial charge in [-0.05, 0) is 12.5 Å². The van der Waals surface area contributed by atoms with Gasteiger partial charge in [0.15, 0.2) is 0 Å². The molecule has 0 aliphatic heterocycles. The van der Waals surface area contributed by atoms with E-state index in [9.17, 15) is 9.50 Å². The largest absolute Gasteiger partial charge is 0.506 e. The van der Waals surface area contributed by atoms with Crippen molar-refractivity contribution in [3.63, 3.8) is 0 Å². The van der Waals surface area contributed by atoms with Crippen LogP contribution in [0.15, 0.2) is 12.1 Å². The fourth-order valence-electron chi connectivity index (χ4n) is 1.32. The second-order valence-corrected chi connectivity index (χ2v) is 3.57. The lowest BCUT2D eigenvalue weighted by Gasteiger charge is -2.13. The van der Waals surface area contributed by atoms with Crippen LogP contribution in [0.1, 0.15) is 31.4 Å². The van der Waals surface area contributed by atoms with Gasteiger partial charge in [0.05, 0.1) is 0 Å². The summed E-state index contributed by atoms with van der Waals surface area (Å²) in [7, 11) is 0. The Bertz CT molecular complexity index is 333. The molecule has 0 aromatic heterocycles. The standard InChI is InChI=1S/C10H13ClFNO.ClH/c1-2-3-8(13)6-4-5-7(12)9(11)10(6)14;/h4-5,8,14H,2-3,13H2,1H3;1H/t8-;/m0./s1. The van der Waals surface area contributed by atoms with Gasteiger partial charge in [0.1, 0.15) is 16.6 Å². The van der Waals surface area contributed by atoms with Crippen LogP contribution in [-0.4, -0.2) is 5.11 Å². The Kier molecular flexibility index (Phi) is 5.95. The van der Waals surface area contributed by atoms with Crippen molar-refractivity contribution in [2.24, 2.45) is 5.73 Å². The summed E-state index contributed by atoms with van der Waals surface area (Å²) in [4.78, 5) is 0. The Morgan fingerprint density at radius 3 is 2.67 bits per heavy atom. The third kappa shape index (κ3) is 3.23. The van der Waals surface area contributed by atoms with Gasteiger partial charge < -0.3 is 10.8 Å². The van der Waals surface area contributed by atoms with Crippen LogP contribution in [0, 0.1) is 5.82 Å². The molecule has 0 unspecified atom stereocenters. The number of phenolic OH excluding ortho intramolecular Hbond substituents is 1. The van der Waals surface area contributed by atoms with Crippen LogP contribution in [0.25, 0.3) is 0 Å². The van der Waals surface area contributed by atoms with Crippen molar-refractivity contribution in [2.45, 2.75) is 25.8 Å². The number of phenols is 1. The number of halogens is 3. The summed E-state index contributed by atoms with van der Waals surface area (Å²) in [5, 5.41) is 9.27. The fourth-order valence-corrected chi connectivity index (χ4v) is 1.49. The first-order valence-corrected chi connectivity index (χ1v) is 4.88. The third-order valence-corrected chi connectivity index (χ3v) is 2.46. The van der Waals surface area contributed by atoms with Gasteiger partial charge >= 0.3 is 0 Å². The molecule has 0 amide bonds. The molecule has 0 aliphatic carbocycles. The molecule has 2 nitrogen and oxygen atoms in total. The number of nitrogens with two attached hydrogens (primary N) is 1. The van der Waals surface area contributed by atoms with Gasteiger partial charge in [-0.15, -0.1) is 12.4 Å². The van der Waals surface area contributed by atoms with E-state index in [1.165, 1.54) is 12.1 Å². The highest BCUT2D eigenvalue weighted by Gasteiger charge is 2.15. The van der Waals surface area contributed by atoms with Crippen LogP contribution >= 0.6 is 24.0 Å². The van der Waals surface area contributed by atoms with E-state index in [1.54, 1.807) is 0 Å². The zero-order valence-corrected chi connectivity index (χ0v) is 9.91. The van der Waals surface area contributed by atoms with Crippen LogP contribution in [0.4, 0.5) is 4.39 Å². The zero-order chi connectivity index (χ0) is 10.7. The summed E-state index contributed by atoms with van der Waals surface area (Å²) >= 11 is 5.55. The molecule has 1 rings (SSSR count). The second kappa shape index (κ2) is 6.16. The first-order valence-electron chi connectivity index (χ1n) is 4.50. The SMILES string of the molecule is CCC[C@H](N)c1ccc(F)c(Cl)c1O.Cl. The molecular weight excluding hydrogens is 240 g/mol. The quantitative estimate of drug-likeness (QED) is 0.868. The molecule has 0 spiro atoms. The number of benzene rings is 1. The maximum Gasteiger partial charge on any atom is 0.145 e. The molecule has 0 heterocycles. The predicted molar refractivity (Wildman–Crippen MR) is 62.2 cm³/mol. The summed E-state index contributed by atoms with van der Waals surface area (Å²) in [6, 6.07) is 2.39. The van der Waals surface area contributed by atoms with Crippen LogP contribution < -0.4 is 5.73 Å². The summed E-state index contributed by atoms with van der Waals surface area (Å²) in [5.74, 6) is -0.871. The molecular formula is C10H14Cl2FNO. The summed E-state index contributed by atoms with van der Waals surface area (Å²) in [5.41, 5.74) is 6.28. The van der Waals surface area contributed by atoms with E-state index in [1.807, 2.05) is 6.92 Å². The summed E-state index contributed by atoms with van der Waals surface area (Å²) in [6.07, 6.45) is 1.63. The predicted octanol–water partition coefficient (Wildman–Crippen LogP) is 3.41. The lowest BCUT2D eigenvalue weighted by atomic mass is 10.0. The van der Waals surface area contributed by atoms with Crippen molar-refractivity contribution in [2.75, 3.05) is 0 Å². The van der Waals surface area contributed by atoms with Gasteiger partial charge in [-0.3, -0.25) is 0 Å². The first kappa shape index (κ1) is 14.5. The molecule has 0 aliphatic rings. The highest BCUT2D eigenvalue weighted by atomic mass is 35.5. The first-order chi connectivity index (χ1) is 6.57. The van der Waals surface area contributed by atoms with Crippen molar-refractivity contribution in [3.05, 3.63) is 28.5 Å². The van der Waals surface area contributed by atoms with E-state index >= 15 is 0 Å². The molecule has 0 bridgehead atoms. The molecule has 1 aromatic rings. The average molecular weight is 254 g/mol. The third-order valence-electron chi connectivity index (χ3n) is 2.10. The average Bonchev–Trinajstić information content (AvgIpc) is 2.15. The molecule has 3 N–H and O–H groups in total. The lowest BCUT2D eigenvalue weighted by molar-refractivity contribution is 0.452. The maximum absolute atomic E-state index is 12.9. The molecule has 0 saturated carbocycles. The molecule has 15 heavy (non-hydrogen) atoms. The van der Waals surface area contributed by atoms with Crippen LogP contribution in [0.3, 0.4) is 0 Å². The van der Waals surface area contributed by atoms with Gasteiger partial charge in [0.2, 0.25) is 0 Å². The van der Waals surface area contributed by atoms with Crippen molar-refractivity contribution in [3.8, 4) is 5.75 Å². The van der Waals surface area contributed by atoms with E-state index < -0.39 is 5.82 Å². The van der Waals surface area contributed by atoms with Gasteiger partial charge in [-0.2, -0.15) is 0 Å². The lowest BCUT2D eigenvalue weighted by Crippen LogP contribution is -2.10. The Hall–Kier alpha value is -0.510. The fraction of sp³-hybridized carbons (Fsp3) is 0.400. The van der Waals surface area contributed by atoms with Gasteiger partial charge in [-0.1, -0.05) is 31.0 Å². The van der Waals surface area contributed by atoms with Gasteiger partial charge in [0, 0.05) is 11.6 Å². The van der Waals surface area contributed by atoms with E-state index in [0.29, 0.717) is 5.56 Å². The van der Waals surface area contributed by atoms with Crippen molar-refractivity contribution >= 4 is 24.0 Å². The highest BCUT2D eigenvalue weighted by molar-refractivity contribution is 6.32.